The van der Waals surface area contributed by atoms with E-state index >= 15 is 0 Å². The van der Waals surface area contributed by atoms with Crippen LogP contribution in [-0.2, 0) is 20.7 Å². The maximum Gasteiger partial charge on any atom is 0.326 e. The first-order chi connectivity index (χ1) is 11.5. The number of carboxylic acids is 1. The second kappa shape index (κ2) is 9.18. The molecule has 5 nitrogen and oxygen atoms in total. The Labute approximate surface area is 150 Å². The monoisotopic (exact) mass is 397 g/mol. The van der Waals surface area contributed by atoms with E-state index in [1.165, 1.54) is 0 Å². The van der Waals surface area contributed by atoms with Crippen molar-refractivity contribution >= 4 is 27.8 Å². The van der Waals surface area contributed by atoms with Gasteiger partial charge >= 0.3 is 5.97 Å². The molecule has 0 aliphatic carbocycles. The van der Waals surface area contributed by atoms with Gasteiger partial charge in [0.25, 0.3) is 0 Å². The minimum absolute atomic E-state index is 0.163. The van der Waals surface area contributed by atoms with Crippen LogP contribution >= 0.6 is 15.9 Å². The number of carbonyl (C=O) groups excluding carboxylic acids is 1. The van der Waals surface area contributed by atoms with Crippen LogP contribution in [0.4, 0.5) is 0 Å². The molecule has 0 saturated carbocycles. The largest absolute Gasteiger partial charge is 0.480 e. The van der Waals surface area contributed by atoms with Crippen LogP contribution in [0.2, 0.25) is 0 Å². The molecule has 3 atom stereocenters. The molecule has 0 aromatic heterocycles. The van der Waals surface area contributed by atoms with Crippen molar-refractivity contribution in [2.45, 2.75) is 38.6 Å². The fourth-order valence-corrected chi connectivity index (χ4v) is 3.50. The Morgan fingerprint density at radius 2 is 2.25 bits per heavy atom. The average Bonchev–Trinajstić information content (AvgIpc) is 2.58. The van der Waals surface area contributed by atoms with Crippen molar-refractivity contribution in [1.29, 1.82) is 0 Å². The second-order valence-electron chi connectivity index (χ2n) is 6.24. The van der Waals surface area contributed by atoms with Gasteiger partial charge in [0.2, 0.25) is 5.91 Å². The molecular weight excluding hydrogens is 374 g/mol. The standard InChI is InChI=1S/C18H24BrNO4/c1-2-13(9-12-5-3-7-15(19)10-12)17(21)20-16(18(22)23)14-6-4-8-24-11-14/h3,5,7,10,13-14,16H,2,4,6,8-9,11H2,1H3,(H,20,21)(H,22,23). The van der Waals surface area contributed by atoms with Gasteiger partial charge in [-0.05, 0) is 43.4 Å². The highest BCUT2D eigenvalue weighted by Gasteiger charge is 2.32. The maximum atomic E-state index is 12.6. The zero-order valence-corrected chi connectivity index (χ0v) is 15.4. The van der Waals surface area contributed by atoms with E-state index in [9.17, 15) is 14.7 Å². The van der Waals surface area contributed by atoms with Crippen LogP contribution < -0.4 is 5.32 Å². The number of benzene rings is 1. The van der Waals surface area contributed by atoms with E-state index in [1.54, 1.807) is 0 Å². The molecule has 1 fully saturated rings. The molecule has 2 rings (SSSR count). The number of ether oxygens (including phenoxy) is 1. The molecule has 1 amide bonds. The van der Waals surface area contributed by atoms with Gasteiger partial charge in [0.05, 0.1) is 6.61 Å². The molecule has 0 bridgehead atoms. The summed E-state index contributed by atoms with van der Waals surface area (Å²) in [6, 6.07) is 6.95. The summed E-state index contributed by atoms with van der Waals surface area (Å²) in [5, 5.41) is 12.2. The Balaban J connectivity index is 2.02. The molecule has 1 aliphatic heterocycles. The minimum Gasteiger partial charge on any atom is -0.480 e. The zero-order valence-electron chi connectivity index (χ0n) is 13.8. The smallest absolute Gasteiger partial charge is 0.326 e. The lowest BCUT2D eigenvalue weighted by Crippen LogP contribution is -2.50. The number of hydrogen-bond acceptors (Lipinski definition) is 3. The van der Waals surface area contributed by atoms with Crippen LogP contribution in [0.15, 0.2) is 28.7 Å². The number of halogens is 1. The lowest BCUT2D eigenvalue weighted by molar-refractivity contribution is -0.145. The summed E-state index contributed by atoms with van der Waals surface area (Å²) >= 11 is 3.43. The number of nitrogens with one attached hydrogen (secondary N) is 1. The third-order valence-electron chi connectivity index (χ3n) is 4.47. The summed E-state index contributed by atoms with van der Waals surface area (Å²) in [7, 11) is 0. The van der Waals surface area contributed by atoms with E-state index in [2.05, 4.69) is 21.2 Å². The fraction of sp³-hybridized carbons (Fsp3) is 0.556. The van der Waals surface area contributed by atoms with E-state index in [-0.39, 0.29) is 17.7 Å². The lowest BCUT2D eigenvalue weighted by atomic mass is 9.91. The van der Waals surface area contributed by atoms with Crippen molar-refractivity contribution in [3.8, 4) is 0 Å². The molecule has 1 heterocycles. The number of rotatable bonds is 7. The van der Waals surface area contributed by atoms with Crippen LogP contribution in [0, 0.1) is 11.8 Å². The molecule has 1 aromatic rings. The van der Waals surface area contributed by atoms with Gasteiger partial charge < -0.3 is 15.2 Å². The third-order valence-corrected chi connectivity index (χ3v) is 4.96. The summed E-state index contributed by atoms with van der Waals surface area (Å²) in [6.45, 7) is 3.00. The summed E-state index contributed by atoms with van der Waals surface area (Å²) < 4.78 is 6.34. The fourth-order valence-electron chi connectivity index (χ4n) is 3.05. The summed E-state index contributed by atoms with van der Waals surface area (Å²) in [6.07, 6.45) is 2.85. The van der Waals surface area contributed by atoms with Crippen LogP contribution in [-0.4, -0.2) is 36.2 Å². The molecular formula is C18H24BrNO4. The van der Waals surface area contributed by atoms with Crippen molar-refractivity contribution in [2.24, 2.45) is 11.8 Å². The molecule has 3 unspecified atom stereocenters. The summed E-state index contributed by atoms with van der Waals surface area (Å²) in [4.78, 5) is 24.2. The van der Waals surface area contributed by atoms with Crippen LogP contribution in [0.25, 0.3) is 0 Å². The van der Waals surface area contributed by atoms with Crippen molar-refractivity contribution < 1.29 is 19.4 Å². The lowest BCUT2D eigenvalue weighted by Gasteiger charge is -2.29. The van der Waals surface area contributed by atoms with Crippen molar-refractivity contribution in [3.05, 3.63) is 34.3 Å². The minimum atomic E-state index is -0.990. The number of carboxylic acid groups (broad SMARTS) is 1. The summed E-state index contributed by atoms with van der Waals surface area (Å²) in [5.41, 5.74) is 1.05. The zero-order chi connectivity index (χ0) is 17.5. The Morgan fingerprint density at radius 1 is 1.46 bits per heavy atom. The van der Waals surface area contributed by atoms with E-state index < -0.39 is 12.0 Å². The Morgan fingerprint density at radius 3 is 2.83 bits per heavy atom. The van der Waals surface area contributed by atoms with E-state index in [1.807, 2.05) is 31.2 Å². The van der Waals surface area contributed by atoms with E-state index in [4.69, 9.17) is 4.74 Å². The molecule has 24 heavy (non-hydrogen) atoms. The van der Waals surface area contributed by atoms with Gasteiger partial charge in [-0.3, -0.25) is 4.79 Å². The highest BCUT2D eigenvalue weighted by atomic mass is 79.9. The predicted octanol–water partition coefficient (Wildman–Crippen LogP) is 3.01. The van der Waals surface area contributed by atoms with Crippen LogP contribution in [0.1, 0.15) is 31.7 Å². The molecule has 0 spiro atoms. The van der Waals surface area contributed by atoms with Gasteiger partial charge in [-0.1, -0.05) is 35.0 Å². The first kappa shape index (κ1) is 18.9. The average molecular weight is 398 g/mol. The highest BCUT2D eigenvalue weighted by Crippen LogP contribution is 2.20. The predicted molar refractivity (Wildman–Crippen MR) is 94.7 cm³/mol. The molecule has 1 aromatic carbocycles. The Hall–Kier alpha value is -1.40. The van der Waals surface area contributed by atoms with Crippen LogP contribution in [0.5, 0.6) is 0 Å². The maximum absolute atomic E-state index is 12.6. The van der Waals surface area contributed by atoms with Crippen molar-refractivity contribution in [1.82, 2.24) is 5.32 Å². The molecule has 6 heteroatoms. The van der Waals surface area contributed by atoms with Crippen molar-refractivity contribution in [3.63, 3.8) is 0 Å². The topological polar surface area (TPSA) is 75.6 Å². The first-order valence-electron chi connectivity index (χ1n) is 8.36. The molecule has 1 saturated heterocycles. The van der Waals surface area contributed by atoms with Crippen molar-refractivity contribution in [2.75, 3.05) is 13.2 Å². The molecule has 132 valence electrons. The second-order valence-corrected chi connectivity index (χ2v) is 7.16. The Bertz CT molecular complexity index is 572. The van der Waals surface area contributed by atoms with Gasteiger partial charge in [-0.25, -0.2) is 4.79 Å². The molecule has 0 radical (unpaired) electrons. The van der Waals surface area contributed by atoms with Gasteiger partial charge in [-0.15, -0.1) is 0 Å². The Kier molecular flexibility index (Phi) is 7.24. The van der Waals surface area contributed by atoms with Gasteiger partial charge in [0.1, 0.15) is 6.04 Å². The normalized spacial score (nSPS) is 20.2. The first-order valence-corrected chi connectivity index (χ1v) is 9.16. The number of amides is 1. The summed E-state index contributed by atoms with van der Waals surface area (Å²) in [5.74, 6) is -1.60. The van der Waals surface area contributed by atoms with Gasteiger partial charge in [0.15, 0.2) is 0 Å². The third kappa shape index (κ3) is 5.31. The van der Waals surface area contributed by atoms with Gasteiger partial charge in [0, 0.05) is 22.9 Å². The SMILES string of the molecule is CCC(Cc1cccc(Br)c1)C(=O)NC(C(=O)O)C1CCCOC1. The number of aliphatic carboxylic acids is 1. The number of carbonyl (C=O) groups is 2. The van der Waals surface area contributed by atoms with E-state index in [0.29, 0.717) is 26.1 Å². The highest BCUT2D eigenvalue weighted by molar-refractivity contribution is 9.10. The molecule has 2 N–H and O–H groups in total. The quantitative estimate of drug-likeness (QED) is 0.741. The van der Waals surface area contributed by atoms with Crippen LogP contribution in [0.3, 0.4) is 0 Å². The molecule has 1 aliphatic rings. The van der Waals surface area contributed by atoms with Gasteiger partial charge in [-0.2, -0.15) is 0 Å². The van der Waals surface area contributed by atoms with E-state index in [0.717, 1.165) is 22.9 Å². The number of hydrogen-bond donors (Lipinski definition) is 2.